The summed E-state index contributed by atoms with van der Waals surface area (Å²) in [5, 5.41) is 9.01. The Morgan fingerprint density at radius 1 is 1.11 bits per heavy atom. The molecule has 3 nitrogen and oxygen atoms in total. The second-order valence-electron chi connectivity index (χ2n) is 5.19. The molecule has 1 N–H and O–H groups in total. The first-order valence-electron chi connectivity index (χ1n) is 7.46. The standard InChI is InChI=1S/C14H30O3Si/c1-4-14(5-2,18-3)11-9-7-6-8-10-12-17-13(15)16/h4-12,18H2,1-3H3,(H,15,16). The quantitative estimate of drug-likeness (QED) is 0.348. The van der Waals surface area contributed by atoms with Crippen molar-refractivity contribution < 1.29 is 14.6 Å². The molecule has 0 aliphatic heterocycles. The third-order valence-electron chi connectivity index (χ3n) is 4.33. The number of hydrogen-bond donors (Lipinski definition) is 1. The summed E-state index contributed by atoms with van der Waals surface area (Å²) in [5.74, 6) is 0. The van der Waals surface area contributed by atoms with Crippen LogP contribution in [0.2, 0.25) is 11.6 Å². The van der Waals surface area contributed by atoms with E-state index in [4.69, 9.17) is 5.11 Å². The Morgan fingerprint density at radius 3 is 2.17 bits per heavy atom. The van der Waals surface area contributed by atoms with Crippen LogP contribution in [0.1, 0.15) is 65.2 Å². The van der Waals surface area contributed by atoms with Gasteiger partial charge >= 0.3 is 6.16 Å². The van der Waals surface area contributed by atoms with Crippen molar-refractivity contribution in [3.05, 3.63) is 0 Å². The molecule has 0 fully saturated rings. The lowest BCUT2D eigenvalue weighted by Gasteiger charge is -2.30. The molecular weight excluding hydrogens is 244 g/mol. The van der Waals surface area contributed by atoms with Crippen LogP contribution in [-0.2, 0) is 4.74 Å². The van der Waals surface area contributed by atoms with Gasteiger partial charge in [-0.1, -0.05) is 65.3 Å². The summed E-state index contributed by atoms with van der Waals surface area (Å²) < 4.78 is 4.48. The maximum absolute atomic E-state index is 10.1. The van der Waals surface area contributed by atoms with Crippen molar-refractivity contribution in [2.45, 2.75) is 76.8 Å². The highest BCUT2D eigenvalue weighted by atomic mass is 28.2. The van der Waals surface area contributed by atoms with Gasteiger partial charge in [0.25, 0.3) is 0 Å². The molecule has 0 amide bonds. The first-order chi connectivity index (χ1) is 8.60. The van der Waals surface area contributed by atoms with Gasteiger partial charge in [-0.05, 0) is 11.5 Å². The van der Waals surface area contributed by atoms with E-state index in [1.807, 2.05) is 0 Å². The van der Waals surface area contributed by atoms with E-state index in [9.17, 15) is 4.79 Å². The summed E-state index contributed by atoms with van der Waals surface area (Å²) in [7, 11) is 0.0791. The summed E-state index contributed by atoms with van der Waals surface area (Å²) in [6.45, 7) is 7.47. The second-order valence-corrected chi connectivity index (χ2v) is 7.40. The van der Waals surface area contributed by atoms with E-state index in [-0.39, 0.29) is 9.52 Å². The zero-order valence-electron chi connectivity index (χ0n) is 12.3. The van der Waals surface area contributed by atoms with Gasteiger partial charge in [-0.3, -0.25) is 0 Å². The van der Waals surface area contributed by atoms with Gasteiger partial charge in [-0.2, -0.15) is 0 Å². The summed E-state index contributed by atoms with van der Waals surface area (Å²) in [6, 6.07) is 0. The molecule has 0 aromatic heterocycles. The third-order valence-corrected chi connectivity index (χ3v) is 7.18. The monoisotopic (exact) mass is 274 g/mol. The molecule has 0 unspecified atom stereocenters. The topological polar surface area (TPSA) is 46.5 Å². The summed E-state index contributed by atoms with van der Waals surface area (Å²) in [4.78, 5) is 10.1. The highest BCUT2D eigenvalue weighted by Crippen LogP contribution is 2.39. The Labute approximate surface area is 114 Å². The average Bonchev–Trinajstić information content (AvgIpc) is 2.38. The minimum Gasteiger partial charge on any atom is -0.450 e. The van der Waals surface area contributed by atoms with Crippen LogP contribution in [0.3, 0.4) is 0 Å². The van der Waals surface area contributed by atoms with E-state index < -0.39 is 6.16 Å². The summed E-state index contributed by atoms with van der Waals surface area (Å²) in [6.07, 6.45) is 8.71. The van der Waals surface area contributed by atoms with Gasteiger partial charge in [0.15, 0.2) is 0 Å². The maximum Gasteiger partial charge on any atom is 0.505 e. The van der Waals surface area contributed by atoms with Gasteiger partial charge in [0.1, 0.15) is 0 Å². The van der Waals surface area contributed by atoms with Crippen LogP contribution >= 0.6 is 0 Å². The molecule has 0 saturated heterocycles. The number of rotatable bonds is 11. The van der Waals surface area contributed by atoms with E-state index in [1.165, 1.54) is 38.5 Å². The Morgan fingerprint density at radius 2 is 1.67 bits per heavy atom. The molecule has 0 spiro atoms. The van der Waals surface area contributed by atoms with Crippen LogP contribution in [0.15, 0.2) is 0 Å². The fourth-order valence-electron chi connectivity index (χ4n) is 2.57. The average molecular weight is 274 g/mol. The number of carbonyl (C=O) groups is 1. The predicted molar refractivity (Wildman–Crippen MR) is 79.4 cm³/mol. The van der Waals surface area contributed by atoms with Crippen LogP contribution in [0.5, 0.6) is 0 Å². The Bertz CT molecular complexity index is 207. The third kappa shape index (κ3) is 7.74. The molecule has 0 aliphatic carbocycles. The molecule has 0 rings (SSSR count). The SMILES string of the molecule is CCC(CC)(CCCCCCCOC(=O)O)[SiH2]C. The van der Waals surface area contributed by atoms with Crippen molar-refractivity contribution in [1.29, 1.82) is 0 Å². The normalized spacial score (nSPS) is 12.2. The van der Waals surface area contributed by atoms with Crippen LogP contribution in [0.4, 0.5) is 4.79 Å². The minimum absolute atomic E-state index is 0.0791. The molecule has 18 heavy (non-hydrogen) atoms. The van der Waals surface area contributed by atoms with Gasteiger partial charge < -0.3 is 9.84 Å². The van der Waals surface area contributed by atoms with Crippen LogP contribution < -0.4 is 0 Å². The molecule has 4 heteroatoms. The fourth-order valence-corrected chi connectivity index (χ4v) is 4.18. The van der Waals surface area contributed by atoms with E-state index >= 15 is 0 Å². The fraction of sp³-hybridized carbons (Fsp3) is 0.929. The molecule has 0 aromatic rings. The van der Waals surface area contributed by atoms with Crippen molar-refractivity contribution in [1.82, 2.24) is 0 Å². The molecule has 0 aliphatic rings. The lowest BCUT2D eigenvalue weighted by molar-refractivity contribution is 0.0899. The molecular formula is C14H30O3Si. The highest BCUT2D eigenvalue weighted by molar-refractivity contribution is 6.38. The van der Waals surface area contributed by atoms with E-state index in [2.05, 4.69) is 25.1 Å². The van der Waals surface area contributed by atoms with Crippen molar-refractivity contribution in [2.75, 3.05) is 6.61 Å². The van der Waals surface area contributed by atoms with Crippen molar-refractivity contribution in [3.8, 4) is 0 Å². The van der Waals surface area contributed by atoms with Crippen LogP contribution in [0.25, 0.3) is 0 Å². The Balaban J connectivity index is 3.47. The number of ether oxygens (including phenoxy) is 1. The second kappa shape index (κ2) is 10.4. The maximum atomic E-state index is 10.1. The smallest absolute Gasteiger partial charge is 0.450 e. The lowest BCUT2D eigenvalue weighted by Crippen LogP contribution is -2.16. The zero-order chi connectivity index (χ0) is 13.9. The van der Waals surface area contributed by atoms with Crippen molar-refractivity contribution in [2.24, 2.45) is 0 Å². The van der Waals surface area contributed by atoms with E-state index in [0.29, 0.717) is 11.6 Å². The van der Waals surface area contributed by atoms with Gasteiger partial charge in [0.05, 0.1) is 6.61 Å². The van der Waals surface area contributed by atoms with Crippen molar-refractivity contribution >= 4 is 15.7 Å². The van der Waals surface area contributed by atoms with Gasteiger partial charge in [0.2, 0.25) is 0 Å². The van der Waals surface area contributed by atoms with E-state index in [1.54, 1.807) is 0 Å². The molecule has 0 saturated carbocycles. The number of carboxylic acid groups (broad SMARTS) is 1. The molecule has 0 heterocycles. The molecule has 0 atom stereocenters. The largest absolute Gasteiger partial charge is 0.505 e. The minimum atomic E-state index is -1.15. The summed E-state index contributed by atoms with van der Waals surface area (Å²) in [5.41, 5.74) is 0. The summed E-state index contributed by atoms with van der Waals surface area (Å²) >= 11 is 0. The van der Waals surface area contributed by atoms with Crippen LogP contribution in [-0.4, -0.2) is 27.4 Å². The van der Waals surface area contributed by atoms with Crippen molar-refractivity contribution in [3.63, 3.8) is 0 Å². The van der Waals surface area contributed by atoms with Crippen LogP contribution in [0, 0.1) is 0 Å². The lowest BCUT2D eigenvalue weighted by atomic mass is 9.94. The Hall–Kier alpha value is -0.513. The first-order valence-corrected chi connectivity index (χ1v) is 9.58. The van der Waals surface area contributed by atoms with Gasteiger partial charge in [-0.25, -0.2) is 4.79 Å². The van der Waals surface area contributed by atoms with Gasteiger partial charge in [-0.15, -0.1) is 0 Å². The zero-order valence-corrected chi connectivity index (χ0v) is 13.7. The Kier molecular flexibility index (Phi) is 10.1. The number of unbranched alkanes of at least 4 members (excludes halogenated alkanes) is 4. The molecule has 0 aromatic carbocycles. The van der Waals surface area contributed by atoms with Gasteiger partial charge in [0, 0.05) is 9.52 Å². The molecule has 108 valence electrons. The number of hydrogen-bond acceptors (Lipinski definition) is 2. The molecule has 0 bridgehead atoms. The predicted octanol–water partition coefficient (Wildman–Crippen LogP) is 4.22. The van der Waals surface area contributed by atoms with E-state index in [0.717, 1.165) is 12.8 Å². The molecule has 0 radical (unpaired) electrons. The highest BCUT2D eigenvalue weighted by Gasteiger charge is 2.22. The first kappa shape index (κ1) is 17.5.